The maximum Gasteiger partial charge on any atom is 0.410 e. The van der Waals surface area contributed by atoms with Gasteiger partial charge in [0, 0.05) is 12.6 Å². The smallest absolute Gasteiger partial charge is 0.410 e. The highest BCUT2D eigenvalue weighted by Gasteiger charge is 2.38. The molecule has 0 aromatic heterocycles. The molecule has 2 atom stereocenters. The molecular weight excluding hydrogens is 259 g/mol. The van der Waals surface area contributed by atoms with Crippen molar-refractivity contribution in [1.29, 1.82) is 0 Å². The van der Waals surface area contributed by atoms with Crippen molar-refractivity contribution < 1.29 is 13.9 Å². The summed E-state index contributed by atoms with van der Waals surface area (Å²) >= 11 is 0. The van der Waals surface area contributed by atoms with Gasteiger partial charge in [-0.2, -0.15) is 0 Å². The van der Waals surface area contributed by atoms with Gasteiger partial charge in [-0.25, -0.2) is 9.18 Å². The van der Waals surface area contributed by atoms with Crippen LogP contribution in [-0.2, 0) is 4.74 Å². The number of halogens is 1. The Hall–Kier alpha value is -1.62. The lowest BCUT2D eigenvalue weighted by molar-refractivity contribution is 0.0218. The zero-order valence-corrected chi connectivity index (χ0v) is 12.1. The lowest BCUT2D eigenvalue weighted by Gasteiger charge is -2.30. The number of ether oxygens (including phenoxy) is 1. The monoisotopic (exact) mass is 280 g/mol. The Morgan fingerprint density at radius 2 is 1.95 bits per heavy atom. The van der Waals surface area contributed by atoms with E-state index >= 15 is 0 Å². The van der Waals surface area contributed by atoms with Crippen molar-refractivity contribution in [2.75, 3.05) is 6.54 Å². The van der Waals surface area contributed by atoms with E-state index in [-0.39, 0.29) is 24.0 Å². The molecule has 0 saturated carbocycles. The summed E-state index contributed by atoms with van der Waals surface area (Å²) in [5, 5.41) is 0. The van der Waals surface area contributed by atoms with Crippen LogP contribution in [0.4, 0.5) is 9.18 Å². The summed E-state index contributed by atoms with van der Waals surface area (Å²) in [6.07, 6.45) is 0.334. The zero-order valence-electron chi connectivity index (χ0n) is 12.1. The first-order chi connectivity index (χ1) is 9.28. The number of nitrogens with zero attached hydrogens (tertiary/aromatic N) is 1. The summed E-state index contributed by atoms with van der Waals surface area (Å²) in [6, 6.07) is 5.69. The van der Waals surface area contributed by atoms with Crippen LogP contribution in [0.2, 0.25) is 0 Å². The van der Waals surface area contributed by atoms with E-state index in [1.807, 2.05) is 20.8 Å². The Kier molecular flexibility index (Phi) is 3.99. The Bertz CT molecular complexity index is 482. The number of rotatable bonds is 1. The van der Waals surface area contributed by atoms with Crippen LogP contribution in [0.5, 0.6) is 0 Å². The number of benzene rings is 1. The van der Waals surface area contributed by atoms with E-state index in [1.165, 1.54) is 12.1 Å². The predicted molar refractivity (Wildman–Crippen MR) is 74.7 cm³/mol. The molecule has 2 rings (SSSR count). The highest BCUT2D eigenvalue weighted by molar-refractivity contribution is 5.69. The van der Waals surface area contributed by atoms with Crippen LogP contribution in [0.25, 0.3) is 0 Å². The molecule has 1 fully saturated rings. The first-order valence-electron chi connectivity index (χ1n) is 6.78. The van der Waals surface area contributed by atoms with Gasteiger partial charge in [-0.15, -0.1) is 0 Å². The summed E-state index contributed by atoms with van der Waals surface area (Å²) in [5.41, 5.74) is 6.39. The summed E-state index contributed by atoms with van der Waals surface area (Å²) in [6.45, 7) is 6.04. The first kappa shape index (κ1) is 14.8. The van der Waals surface area contributed by atoms with Gasteiger partial charge in [0.2, 0.25) is 0 Å². The molecule has 1 saturated heterocycles. The van der Waals surface area contributed by atoms with Crippen LogP contribution < -0.4 is 5.73 Å². The van der Waals surface area contributed by atoms with Crippen LogP contribution in [0.1, 0.15) is 38.8 Å². The molecule has 0 aliphatic carbocycles. The van der Waals surface area contributed by atoms with E-state index in [2.05, 4.69) is 0 Å². The quantitative estimate of drug-likeness (QED) is 0.860. The summed E-state index contributed by atoms with van der Waals surface area (Å²) in [5.74, 6) is -0.302. The van der Waals surface area contributed by atoms with Crippen LogP contribution in [-0.4, -0.2) is 29.2 Å². The molecule has 110 valence electrons. The second kappa shape index (κ2) is 5.40. The molecule has 0 spiro atoms. The first-order valence-corrected chi connectivity index (χ1v) is 6.78. The number of carbonyl (C=O) groups is 1. The molecule has 1 aliphatic heterocycles. The fourth-order valence-corrected chi connectivity index (χ4v) is 2.43. The van der Waals surface area contributed by atoms with E-state index < -0.39 is 5.60 Å². The van der Waals surface area contributed by atoms with Crippen molar-refractivity contribution in [2.45, 2.75) is 44.9 Å². The van der Waals surface area contributed by atoms with Crippen molar-refractivity contribution in [3.63, 3.8) is 0 Å². The normalized spacial score (nSPS) is 22.9. The maximum atomic E-state index is 13.0. The Morgan fingerprint density at radius 3 is 2.50 bits per heavy atom. The Morgan fingerprint density at radius 1 is 1.35 bits per heavy atom. The van der Waals surface area contributed by atoms with Gasteiger partial charge in [-0.3, -0.25) is 4.90 Å². The molecule has 4 nitrogen and oxygen atoms in total. The number of likely N-dealkylation sites (tertiary alicyclic amines) is 1. The van der Waals surface area contributed by atoms with E-state index in [4.69, 9.17) is 10.5 Å². The second-order valence-corrected chi connectivity index (χ2v) is 6.12. The van der Waals surface area contributed by atoms with Crippen molar-refractivity contribution in [3.8, 4) is 0 Å². The lowest BCUT2D eigenvalue weighted by Crippen LogP contribution is -2.39. The van der Waals surface area contributed by atoms with Gasteiger partial charge in [0.1, 0.15) is 11.4 Å². The standard InChI is InChI=1S/C15H21FN2O2/c1-15(2,3)20-14(19)18-9-8-12(17)13(18)10-4-6-11(16)7-5-10/h4-7,12-13H,8-9,17H2,1-3H3/t12-,13-/m1/s1. The fourth-order valence-electron chi connectivity index (χ4n) is 2.43. The number of nitrogens with two attached hydrogens (primary N) is 1. The van der Waals surface area contributed by atoms with Gasteiger partial charge in [-0.1, -0.05) is 12.1 Å². The van der Waals surface area contributed by atoms with Gasteiger partial charge < -0.3 is 10.5 Å². The number of amides is 1. The van der Waals surface area contributed by atoms with Gasteiger partial charge in [0.15, 0.2) is 0 Å². The predicted octanol–water partition coefficient (Wildman–Crippen LogP) is 2.83. The average Bonchev–Trinajstić information content (AvgIpc) is 2.70. The van der Waals surface area contributed by atoms with Crippen LogP contribution >= 0.6 is 0 Å². The van der Waals surface area contributed by atoms with E-state index in [9.17, 15) is 9.18 Å². The van der Waals surface area contributed by atoms with Crippen LogP contribution in [0.15, 0.2) is 24.3 Å². The van der Waals surface area contributed by atoms with Gasteiger partial charge in [0.25, 0.3) is 0 Å². The van der Waals surface area contributed by atoms with Gasteiger partial charge in [0.05, 0.1) is 6.04 Å². The maximum absolute atomic E-state index is 13.0. The van der Waals surface area contributed by atoms with Crippen molar-refractivity contribution in [3.05, 3.63) is 35.6 Å². The minimum absolute atomic E-state index is 0.159. The third kappa shape index (κ3) is 3.28. The molecule has 1 aromatic rings. The minimum atomic E-state index is -0.545. The molecular formula is C15H21FN2O2. The topological polar surface area (TPSA) is 55.6 Å². The molecule has 5 heteroatoms. The highest BCUT2D eigenvalue weighted by Crippen LogP contribution is 2.32. The second-order valence-electron chi connectivity index (χ2n) is 6.12. The fraction of sp³-hybridized carbons (Fsp3) is 0.533. The van der Waals surface area contributed by atoms with Crippen LogP contribution in [0, 0.1) is 5.82 Å². The van der Waals surface area contributed by atoms with E-state index in [0.717, 1.165) is 5.56 Å². The summed E-state index contributed by atoms with van der Waals surface area (Å²) < 4.78 is 18.4. The number of carbonyl (C=O) groups excluding carboxylic acids is 1. The van der Waals surface area contributed by atoms with Crippen molar-refractivity contribution in [1.82, 2.24) is 4.90 Å². The molecule has 0 radical (unpaired) electrons. The Balaban J connectivity index is 2.20. The van der Waals surface area contributed by atoms with E-state index in [0.29, 0.717) is 13.0 Å². The van der Waals surface area contributed by atoms with Gasteiger partial charge in [-0.05, 0) is 44.9 Å². The molecule has 1 heterocycles. The van der Waals surface area contributed by atoms with Gasteiger partial charge >= 0.3 is 6.09 Å². The lowest BCUT2D eigenvalue weighted by atomic mass is 10.0. The molecule has 1 amide bonds. The third-order valence-corrected chi connectivity index (χ3v) is 3.28. The molecule has 20 heavy (non-hydrogen) atoms. The summed E-state index contributed by atoms with van der Waals surface area (Å²) in [7, 11) is 0. The number of hydrogen-bond acceptors (Lipinski definition) is 3. The summed E-state index contributed by atoms with van der Waals surface area (Å²) in [4.78, 5) is 13.9. The number of hydrogen-bond donors (Lipinski definition) is 1. The SMILES string of the molecule is CC(C)(C)OC(=O)N1CC[C@@H](N)[C@H]1c1ccc(F)cc1. The molecule has 1 aliphatic rings. The molecule has 1 aromatic carbocycles. The van der Waals surface area contributed by atoms with Crippen molar-refractivity contribution >= 4 is 6.09 Å². The van der Waals surface area contributed by atoms with E-state index in [1.54, 1.807) is 17.0 Å². The molecule has 0 bridgehead atoms. The van der Waals surface area contributed by atoms with Crippen molar-refractivity contribution in [2.24, 2.45) is 5.73 Å². The third-order valence-electron chi connectivity index (χ3n) is 3.28. The highest BCUT2D eigenvalue weighted by atomic mass is 19.1. The van der Waals surface area contributed by atoms with Crippen LogP contribution in [0.3, 0.4) is 0 Å². The largest absolute Gasteiger partial charge is 0.444 e. The Labute approximate surface area is 118 Å². The molecule has 2 N–H and O–H groups in total. The molecule has 0 unspecified atom stereocenters. The zero-order chi connectivity index (χ0) is 14.9. The minimum Gasteiger partial charge on any atom is -0.444 e. The average molecular weight is 280 g/mol.